The van der Waals surface area contributed by atoms with E-state index in [1.807, 2.05) is 11.0 Å². The average Bonchev–Trinajstić information content (AvgIpc) is 3.23. The quantitative estimate of drug-likeness (QED) is 0.856. The van der Waals surface area contributed by atoms with E-state index in [9.17, 15) is 9.90 Å². The molecule has 19 heavy (non-hydrogen) atoms. The fourth-order valence-corrected chi connectivity index (χ4v) is 2.48. The number of carbonyl (C=O) groups is 1. The van der Waals surface area contributed by atoms with Crippen molar-refractivity contribution in [1.82, 2.24) is 9.97 Å². The van der Waals surface area contributed by atoms with Gasteiger partial charge in [0.05, 0.1) is 0 Å². The average molecular weight is 262 g/mol. The maximum absolute atomic E-state index is 11.3. The highest BCUT2D eigenvalue weighted by Crippen LogP contribution is 2.27. The number of piperidine rings is 1. The van der Waals surface area contributed by atoms with Crippen LogP contribution in [-0.4, -0.2) is 39.7 Å². The predicted molar refractivity (Wildman–Crippen MR) is 71.3 cm³/mol. The van der Waals surface area contributed by atoms with E-state index in [2.05, 4.69) is 15.3 Å². The van der Waals surface area contributed by atoms with Crippen LogP contribution in [0.25, 0.3) is 0 Å². The zero-order chi connectivity index (χ0) is 13.2. The predicted octanol–water partition coefficient (Wildman–Crippen LogP) is 1.49. The van der Waals surface area contributed by atoms with E-state index in [0.717, 1.165) is 25.2 Å². The van der Waals surface area contributed by atoms with Gasteiger partial charge in [-0.1, -0.05) is 0 Å². The van der Waals surface area contributed by atoms with Gasteiger partial charge in [0.15, 0.2) is 0 Å². The third-order valence-corrected chi connectivity index (χ3v) is 3.66. The molecule has 1 aliphatic carbocycles. The van der Waals surface area contributed by atoms with Gasteiger partial charge in [-0.3, -0.25) is 0 Å². The fraction of sp³-hybridized carbons (Fsp3) is 0.615. The maximum atomic E-state index is 11.3. The van der Waals surface area contributed by atoms with Crippen LogP contribution in [0.5, 0.6) is 0 Å². The number of hydrogen-bond acceptors (Lipinski definition) is 5. The highest BCUT2D eigenvalue weighted by atomic mass is 16.4. The minimum atomic E-state index is -0.769. The lowest BCUT2D eigenvalue weighted by Gasteiger charge is -2.33. The van der Waals surface area contributed by atoms with E-state index in [-0.39, 0.29) is 0 Å². The van der Waals surface area contributed by atoms with E-state index >= 15 is 0 Å². The molecule has 3 rings (SSSR count). The molecule has 1 aromatic heterocycles. The van der Waals surface area contributed by atoms with Crippen molar-refractivity contribution in [2.24, 2.45) is 0 Å². The number of nitrogens with zero attached hydrogens (tertiary/aromatic N) is 3. The van der Waals surface area contributed by atoms with E-state index in [4.69, 9.17) is 0 Å². The molecule has 2 heterocycles. The molecule has 0 radical (unpaired) electrons. The molecule has 2 N–H and O–H groups in total. The van der Waals surface area contributed by atoms with Gasteiger partial charge in [0.25, 0.3) is 0 Å². The molecule has 2 fully saturated rings. The van der Waals surface area contributed by atoms with Crippen LogP contribution in [0.1, 0.15) is 32.1 Å². The summed E-state index contributed by atoms with van der Waals surface area (Å²) in [6.07, 6.45) is 6.53. The van der Waals surface area contributed by atoms with Crippen LogP contribution in [0.4, 0.5) is 11.6 Å². The number of aliphatic carboxylic acids is 1. The van der Waals surface area contributed by atoms with Crippen molar-refractivity contribution < 1.29 is 9.90 Å². The zero-order valence-electron chi connectivity index (χ0n) is 10.7. The van der Waals surface area contributed by atoms with Crippen molar-refractivity contribution >= 4 is 17.6 Å². The molecule has 1 aromatic rings. The Morgan fingerprint density at radius 3 is 2.89 bits per heavy atom. The Kier molecular flexibility index (Phi) is 3.23. The topological polar surface area (TPSA) is 78.4 Å². The molecule has 0 spiro atoms. The normalized spacial score (nSPS) is 23.2. The van der Waals surface area contributed by atoms with Gasteiger partial charge in [-0.2, -0.15) is 0 Å². The summed E-state index contributed by atoms with van der Waals surface area (Å²) < 4.78 is 0. The molecular weight excluding hydrogens is 244 g/mol. The Balaban J connectivity index is 1.80. The number of rotatable bonds is 4. The fourth-order valence-electron chi connectivity index (χ4n) is 2.48. The molecule has 0 aromatic carbocycles. The number of nitrogens with one attached hydrogen (secondary N) is 1. The molecule has 0 bridgehead atoms. The van der Waals surface area contributed by atoms with Gasteiger partial charge in [-0.05, 0) is 32.1 Å². The standard InChI is InChI=1S/C13H18N4O2/c18-13(19)10-3-1-2-6-17(10)12-7-11(14-8-15-12)16-9-4-5-9/h7-10H,1-6H2,(H,18,19)(H,14,15,16)/t10-/m1/s1. The Labute approximate surface area is 111 Å². The summed E-state index contributed by atoms with van der Waals surface area (Å²) in [6.45, 7) is 0.747. The number of hydrogen-bond donors (Lipinski definition) is 2. The lowest BCUT2D eigenvalue weighted by atomic mass is 10.0. The molecule has 1 aliphatic heterocycles. The van der Waals surface area contributed by atoms with E-state index in [1.54, 1.807) is 0 Å². The first-order chi connectivity index (χ1) is 9.24. The molecular formula is C13H18N4O2. The van der Waals surface area contributed by atoms with E-state index in [0.29, 0.717) is 18.3 Å². The number of aromatic nitrogens is 2. The summed E-state index contributed by atoms with van der Waals surface area (Å²) in [5, 5.41) is 12.6. The maximum Gasteiger partial charge on any atom is 0.326 e. The second-order valence-corrected chi connectivity index (χ2v) is 5.22. The van der Waals surface area contributed by atoms with E-state index < -0.39 is 12.0 Å². The lowest BCUT2D eigenvalue weighted by Crippen LogP contribution is -2.45. The lowest BCUT2D eigenvalue weighted by molar-refractivity contribution is -0.139. The Morgan fingerprint density at radius 1 is 1.32 bits per heavy atom. The highest BCUT2D eigenvalue weighted by Gasteiger charge is 2.30. The minimum absolute atomic E-state index is 0.461. The molecule has 102 valence electrons. The third-order valence-electron chi connectivity index (χ3n) is 3.66. The van der Waals surface area contributed by atoms with Crippen molar-refractivity contribution in [2.75, 3.05) is 16.8 Å². The summed E-state index contributed by atoms with van der Waals surface area (Å²) >= 11 is 0. The summed E-state index contributed by atoms with van der Waals surface area (Å²) in [5.74, 6) is 0.738. The van der Waals surface area contributed by atoms with Crippen molar-refractivity contribution in [1.29, 1.82) is 0 Å². The zero-order valence-corrected chi connectivity index (χ0v) is 10.7. The smallest absolute Gasteiger partial charge is 0.326 e. The molecule has 0 amide bonds. The van der Waals surface area contributed by atoms with Crippen LogP contribution < -0.4 is 10.2 Å². The van der Waals surface area contributed by atoms with Crippen molar-refractivity contribution in [3.05, 3.63) is 12.4 Å². The van der Waals surface area contributed by atoms with Gasteiger partial charge >= 0.3 is 5.97 Å². The van der Waals surface area contributed by atoms with Crippen LogP contribution in [0, 0.1) is 0 Å². The van der Waals surface area contributed by atoms with E-state index in [1.165, 1.54) is 19.2 Å². The second-order valence-electron chi connectivity index (χ2n) is 5.22. The minimum Gasteiger partial charge on any atom is -0.480 e. The second kappa shape index (κ2) is 5.03. The van der Waals surface area contributed by atoms with Crippen molar-refractivity contribution in [3.8, 4) is 0 Å². The van der Waals surface area contributed by atoms with Gasteiger partial charge in [0, 0.05) is 18.7 Å². The molecule has 1 atom stereocenters. The Hall–Kier alpha value is -1.85. The van der Waals surface area contributed by atoms with Gasteiger partial charge in [-0.25, -0.2) is 14.8 Å². The third kappa shape index (κ3) is 2.77. The molecule has 0 unspecified atom stereocenters. The van der Waals surface area contributed by atoms with Crippen LogP contribution in [0.2, 0.25) is 0 Å². The van der Waals surface area contributed by atoms with Gasteiger partial charge < -0.3 is 15.3 Å². The van der Waals surface area contributed by atoms with Gasteiger partial charge in [0.2, 0.25) is 0 Å². The van der Waals surface area contributed by atoms with Crippen LogP contribution >= 0.6 is 0 Å². The van der Waals surface area contributed by atoms with Crippen molar-refractivity contribution in [3.63, 3.8) is 0 Å². The summed E-state index contributed by atoms with van der Waals surface area (Å²) in [5.41, 5.74) is 0. The first kappa shape index (κ1) is 12.2. The SMILES string of the molecule is O=C(O)[C@H]1CCCCN1c1cc(NC2CC2)ncn1. The molecule has 6 heteroatoms. The van der Waals surface area contributed by atoms with Crippen LogP contribution in [0.3, 0.4) is 0 Å². The first-order valence-electron chi connectivity index (χ1n) is 6.82. The largest absolute Gasteiger partial charge is 0.480 e. The molecule has 2 aliphatic rings. The monoisotopic (exact) mass is 262 g/mol. The molecule has 1 saturated heterocycles. The van der Waals surface area contributed by atoms with Crippen molar-refractivity contribution in [2.45, 2.75) is 44.2 Å². The number of carboxylic acid groups (broad SMARTS) is 1. The molecule has 1 saturated carbocycles. The molecule has 6 nitrogen and oxygen atoms in total. The Morgan fingerprint density at radius 2 is 2.16 bits per heavy atom. The number of anilines is 2. The summed E-state index contributed by atoms with van der Waals surface area (Å²) in [4.78, 5) is 21.6. The summed E-state index contributed by atoms with van der Waals surface area (Å²) in [6, 6.07) is 1.93. The highest BCUT2D eigenvalue weighted by molar-refractivity contribution is 5.78. The summed E-state index contributed by atoms with van der Waals surface area (Å²) in [7, 11) is 0. The van der Waals surface area contributed by atoms with Gasteiger partial charge in [0.1, 0.15) is 24.0 Å². The Bertz CT molecular complexity index is 475. The number of carboxylic acids is 1. The van der Waals surface area contributed by atoms with Crippen LogP contribution in [-0.2, 0) is 4.79 Å². The van der Waals surface area contributed by atoms with Gasteiger partial charge in [-0.15, -0.1) is 0 Å². The first-order valence-corrected chi connectivity index (χ1v) is 6.82. The van der Waals surface area contributed by atoms with Crippen LogP contribution in [0.15, 0.2) is 12.4 Å².